The van der Waals surface area contributed by atoms with E-state index in [1.165, 1.54) is 4.31 Å². The minimum atomic E-state index is -3.49. The van der Waals surface area contributed by atoms with Crippen LogP contribution in [0.1, 0.15) is 10.4 Å². The van der Waals surface area contributed by atoms with Crippen LogP contribution in [0.4, 0.5) is 0 Å². The van der Waals surface area contributed by atoms with Crippen LogP contribution < -0.4 is 11.1 Å². The van der Waals surface area contributed by atoms with E-state index in [0.29, 0.717) is 37.3 Å². The summed E-state index contributed by atoms with van der Waals surface area (Å²) in [6.45, 7) is 2.25. The van der Waals surface area contributed by atoms with E-state index in [2.05, 4.69) is 5.32 Å². The second-order valence-corrected chi connectivity index (χ2v) is 7.53. The first kappa shape index (κ1) is 16.6. The number of carbonyl (C=O) groups is 1. The number of hydrogen-bond donors (Lipinski definition) is 2. The molecule has 2 aromatic carbocycles. The minimum Gasteiger partial charge on any atom is -0.366 e. The largest absolute Gasteiger partial charge is 0.366 e. The van der Waals surface area contributed by atoms with Crippen LogP contribution in [0.25, 0.3) is 11.1 Å². The van der Waals surface area contributed by atoms with Gasteiger partial charge >= 0.3 is 0 Å². The summed E-state index contributed by atoms with van der Waals surface area (Å²) in [4.78, 5) is 11.8. The highest BCUT2D eigenvalue weighted by Crippen LogP contribution is 2.26. The van der Waals surface area contributed by atoms with Gasteiger partial charge in [-0.1, -0.05) is 30.3 Å². The van der Waals surface area contributed by atoms with E-state index in [4.69, 9.17) is 5.73 Å². The van der Waals surface area contributed by atoms with E-state index in [9.17, 15) is 13.2 Å². The Labute approximate surface area is 141 Å². The lowest BCUT2D eigenvalue weighted by Crippen LogP contribution is -2.46. The van der Waals surface area contributed by atoms with Gasteiger partial charge in [0.15, 0.2) is 0 Å². The topological polar surface area (TPSA) is 92.5 Å². The molecule has 1 aliphatic rings. The van der Waals surface area contributed by atoms with Crippen LogP contribution in [0.5, 0.6) is 0 Å². The molecule has 2 aromatic rings. The quantitative estimate of drug-likeness (QED) is 0.866. The molecule has 0 aromatic heterocycles. The molecule has 1 amide bonds. The number of primary amides is 1. The summed E-state index contributed by atoms with van der Waals surface area (Å²) in [5.74, 6) is -0.511. The number of hydrogen-bond acceptors (Lipinski definition) is 4. The highest BCUT2D eigenvalue weighted by atomic mass is 32.2. The molecule has 1 heterocycles. The molecule has 0 unspecified atom stereocenters. The maximum atomic E-state index is 12.6. The fraction of sp³-hybridized carbons (Fsp3) is 0.235. The van der Waals surface area contributed by atoms with Crippen molar-refractivity contribution in [3.05, 3.63) is 54.1 Å². The average Bonchev–Trinajstić information content (AvgIpc) is 2.62. The molecule has 1 aliphatic heterocycles. The lowest BCUT2D eigenvalue weighted by molar-refractivity contribution is 0.100. The van der Waals surface area contributed by atoms with Crippen LogP contribution in [0.15, 0.2) is 53.4 Å². The van der Waals surface area contributed by atoms with E-state index in [1.54, 1.807) is 42.5 Å². The van der Waals surface area contributed by atoms with Gasteiger partial charge in [-0.2, -0.15) is 4.31 Å². The third kappa shape index (κ3) is 3.19. The zero-order valence-corrected chi connectivity index (χ0v) is 13.9. The Balaban J connectivity index is 1.93. The first-order chi connectivity index (χ1) is 11.5. The molecule has 0 spiro atoms. The molecule has 0 radical (unpaired) electrons. The van der Waals surface area contributed by atoms with E-state index in [-0.39, 0.29) is 4.90 Å². The van der Waals surface area contributed by atoms with Gasteiger partial charge in [-0.05, 0) is 29.3 Å². The lowest BCUT2D eigenvalue weighted by atomic mass is 9.99. The van der Waals surface area contributed by atoms with Gasteiger partial charge in [-0.3, -0.25) is 4.79 Å². The van der Waals surface area contributed by atoms with Crippen molar-refractivity contribution >= 4 is 15.9 Å². The number of sulfonamides is 1. The van der Waals surface area contributed by atoms with Gasteiger partial charge in [-0.15, -0.1) is 0 Å². The molecule has 0 atom stereocenters. The Morgan fingerprint density at radius 1 is 1.00 bits per heavy atom. The van der Waals surface area contributed by atoms with Crippen LogP contribution in [-0.2, 0) is 10.0 Å². The molecule has 3 N–H and O–H groups in total. The molecule has 3 rings (SSSR count). The molecular formula is C17H19N3O3S. The van der Waals surface area contributed by atoms with E-state index < -0.39 is 15.9 Å². The fourth-order valence-corrected chi connectivity index (χ4v) is 4.23. The summed E-state index contributed by atoms with van der Waals surface area (Å²) in [6, 6.07) is 13.6. The fourth-order valence-electron chi connectivity index (χ4n) is 2.79. The maximum Gasteiger partial charge on any atom is 0.249 e. The molecule has 7 heteroatoms. The molecular weight excluding hydrogens is 326 g/mol. The van der Waals surface area contributed by atoms with Crippen molar-refractivity contribution in [3.63, 3.8) is 0 Å². The molecule has 0 bridgehead atoms. The van der Waals surface area contributed by atoms with E-state index in [0.717, 1.165) is 5.56 Å². The Morgan fingerprint density at radius 2 is 1.62 bits per heavy atom. The van der Waals surface area contributed by atoms with Crippen molar-refractivity contribution in [1.29, 1.82) is 0 Å². The molecule has 24 heavy (non-hydrogen) atoms. The lowest BCUT2D eigenvalue weighted by Gasteiger charge is -2.26. The normalized spacial score (nSPS) is 16.0. The zero-order valence-electron chi connectivity index (χ0n) is 13.1. The number of nitrogens with zero attached hydrogens (tertiary/aromatic N) is 1. The number of carbonyl (C=O) groups excluding carboxylic acids is 1. The molecule has 1 fully saturated rings. The van der Waals surface area contributed by atoms with Gasteiger partial charge in [-0.25, -0.2) is 8.42 Å². The number of piperazine rings is 1. The van der Waals surface area contributed by atoms with E-state index in [1.807, 2.05) is 6.07 Å². The van der Waals surface area contributed by atoms with Crippen molar-refractivity contribution in [3.8, 4) is 11.1 Å². The Hall–Kier alpha value is -2.22. The third-order valence-corrected chi connectivity index (χ3v) is 5.98. The summed E-state index contributed by atoms with van der Waals surface area (Å²) < 4.78 is 26.8. The first-order valence-electron chi connectivity index (χ1n) is 7.70. The van der Waals surface area contributed by atoms with Crippen LogP contribution in [0.3, 0.4) is 0 Å². The monoisotopic (exact) mass is 345 g/mol. The highest BCUT2D eigenvalue weighted by molar-refractivity contribution is 7.89. The van der Waals surface area contributed by atoms with Gasteiger partial charge < -0.3 is 11.1 Å². The second kappa shape index (κ2) is 6.72. The van der Waals surface area contributed by atoms with Crippen molar-refractivity contribution in [1.82, 2.24) is 9.62 Å². The van der Waals surface area contributed by atoms with Crippen molar-refractivity contribution < 1.29 is 13.2 Å². The SMILES string of the molecule is NC(=O)c1ccccc1-c1ccc(S(=O)(=O)N2CCNCC2)cc1. The number of rotatable bonds is 4. The van der Waals surface area contributed by atoms with Gasteiger partial charge in [0.25, 0.3) is 0 Å². The molecule has 0 saturated carbocycles. The first-order valence-corrected chi connectivity index (χ1v) is 9.14. The number of nitrogens with two attached hydrogens (primary N) is 1. The van der Waals surface area contributed by atoms with Gasteiger partial charge in [0.2, 0.25) is 15.9 Å². The third-order valence-electron chi connectivity index (χ3n) is 4.07. The van der Waals surface area contributed by atoms with Crippen molar-refractivity contribution in [2.75, 3.05) is 26.2 Å². The standard InChI is InChI=1S/C17H19N3O3S/c18-17(21)16-4-2-1-3-15(16)13-5-7-14(8-6-13)24(22,23)20-11-9-19-10-12-20/h1-8,19H,9-12H2,(H2,18,21). The average molecular weight is 345 g/mol. The Morgan fingerprint density at radius 3 is 2.25 bits per heavy atom. The molecule has 1 saturated heterocycles. The summed E-state index contributed by atoms with van der Waals surface area (Å²) in [6.07, 6.45) is 0. The van der Waals surface area contributed by atoms with Gasteiger partial charge in [0.1, 0.15) is 0 Å². The highest BCUT2D eigenvalue weighted by Gasteiger charge is 2.25. The van der Waals surface area contributed by atoms with Crippen molar-refractivity contribution in [2.24, 2.45) is 5.73 Å². The Bertz CT molecular complexity index is 842. The summed E-state index contributed by atoms with van der Waals surface area (Å²) >= 11 is 0. The van der Waals surface area contributed by atoms with E-state index >= 15 is 0 Å². The van der Waals surface area contributed by atoms with Crippen molar-refractivity contribution in [2.45, 2.75) is 4.90 Å². The van der Waals surface area contributed by atoms with Gasteiger partial charge in [0.05, 0.1) is 4.90 Å². The summed E-state index contributed by atoms with van der Waals surface area (Å²) in [7, 11) is -3.49. The predicted molar refractivity (Wildman–Crippen MR) is 92.0 cm³/mol. The molecule has 6 nitrogen and oxygen atoms in total. The summed E-state index contributed by atoms with van der Waals surface area (Å²) in [5, 5.41) is 3.14. The zero-order chi connectivity index (χ0) is 17.2. The van der Waals surface area contributed by atoms with Crippen LogP contribution in [-0.4, -0.2) is 44.8 Å². The maximum absolute atomic E-state index is 12.6. The predicted octanol–water partition coefficient (Wildman–Crippen LogP) is 1.05. The van der Waals surface area contributed by atoms with Gasteiger partial charge in [0, 0.05) is 31.7 Å². The number of benzene rings is 2. The van der Waals surface area contributed by atoms with Crippen LogP contribution in [0, 0.1) is 0 Å². The number of amides is 1. The van der Waals surface area contributed by atoms with Crippen LogP contribution in [0.2, 0.25) is 0 Å². The molecule has 126 valence electrons. The second-order valence-electron chi connectivity index (χ2n) is 5.59. The minimum absolute atomic E-state index is 0.254. The van der Waals surface area contributed by atoms with Crippen LogP contribution >= 0.6 is 0 Å². The summed E-state index contributed by atoms with van der Waals surface area (Å²) in [5.41, 5.74) is 7.26. The number of nitrogens with one attached hydrogen (secondary N) is 1. The molecule has 0 aliphatic carbocycles. The smallest absolute Gasteiger partial charge is 0.249 e. The Kier molecular flexibility index (Phi) is 4.66.